The van der Waals surface area contributed by atoms with Crippen molar-refractivity contribution in [2.75, 3.05) is 19.9 Å². The summed E-state index contributed by atoms with van der Waals surface area (Å²) in [5.74, 6) is 1.04. The Morgan fingerprint density at radius 3 is 2.62 bits per heavy atom. The van der Waals surface area contributed by atoms with Crippen LogP contribution in [0.15, 0.2) is 36.5 Å². The largest absolute Gasteiger partial charge is 0.471 e. The number of carbonyl (C=O) groups excluding carboxylic acids is 1. The first kappa shape index (κ1) is 16.5. The van der Waals surface area contributed by atoms with E-state index in [-0.39, 0.29) is 24.7 Å². The molecule has 1 saturated heterocycles. The third kappa shape index (κ3) is 3.12. The maximum absolute atomic E-state index is 12.5. The van der Waals surface area contributed by atoms with E-state index in [1.54, 1.807) is 23.1 Å². The molecule has 9 heteroatoms. The number of rotatable bonds is 3. The van der Waals surface area contributed by atoms with Crippen LogP contribution in [0.5, 0.6) is 17.4 Å². The molecule has 0 N–H and O–H groups in total. The van der Waals surface area contributed by atoms with Gasteiger partial charge in [0.25, 0.3) is 5.91 Å². The smallest absolute Gasteiger partial charge is 0.417 e. The number of ether oxygens (including phenoxy) is 3. The van der Waals surface area contributed by atoms with Gasteiger partial charge in [0, 0.05) is 17.8 Å². The highest BCUT2D eigenvalue weighted by Gasteiger charge is 2.34. The highest BCUT2D eigenvalue weighted by atomic mass is 19.4. The molecular formula is C17H13F3N2O4. The number of carbonyl (C=O) groups is 1. The van der Waals surface area contributed by atoms with Gasteiger partial charge in [-0.25, -0.2) is 4.98 Å². The second-order valence-corrected chi connectivity index (χ2v) is 5.90. The molecule has 3 heterocycles. The van der Waals surface area contributed by atoms with Crippen molar-refractivity contribution in [3.05, 3.63) is 47.7 Å². The first-order valence-electron chi connectivity index (χ1n) is 7.79. The average Bonchev–Trinajstić information content (AvgIpc) is 3.04. The monoisotopic (exact) mass is 366 g/mol. The summed E-state index contributed by atoms with van der Waals surface area (Å²) < 4.78 is 53.4. The van der Waals surface area contributed by atoms with Crippen molar-refractivity contribution in [2.24, 2.45) is 0 Å². The molecule has 1 aromatic carbocycles. The number of amides is 1. The van der Waals surface area contributed by atoms with Crippen LogP contribution in [0.1, 0.15) is 15.9 Å². The topological polar surface area (TPSA) is 60.9 Å². The molecular weight excluding hydrogens is 353 g/mol. The maximum atomic E-state index is 12.5. The molecule has 2 aliphatic rings. The van der Waals surface area contributed by atoms with Crippen LogP contribution in [-0.4, -0.2) is 41.8 Å². The van der Waals surface area contributed by atoms with Crippen molar-refractivity contribution in [1.82, 2.24) is 9.88 Å². The van der Waals surface area contributed by atoms with Crippen molar-refractivity contribution in [2.45, 2.75) is 12.3 Å². The Kier molecular flexibility index (Phi) is 3.86. The molecule has 26 heavy (non-hydrogen) atoms. The number of hydrogen-bond donors (Lipinski definition) is 0. The van der Waals surface area contributed by atoms with Crippen molar-refractivity contribution in [3.8, 4) is 17.4 Å². The molecule has 0 atom stereocenters. The van der Waals surface area contributed by atoms with Gasteiger partial charge in [-0.15, -0.1) is 0 Å². The number of aromatic nitrogens is 1. The highest BCUT2D eigenvalue weighted by Crippen LogP contribution is 2.33. The first-order valence-corrected chi connectivity index (χ1v) is 7.79. The van der Waals surface area contributed by atoms with Gasteiger partial charge in [-0.3, -0.25) is 4.79 Å². The van der Waals surface area contributed by atoms with Crippen LogP contribution in [-0.2, 0) is 6.18 Å². The van der Waals surface area contributed by atoms with Crippen molar-refractivity contribution >= 4 is 5.91 Å². The van der Waals surface area contributed by atoms with E-state index in [2.05, 4.69) is 4.98 Å². The molecule has 6 nitrogen and oxygen atoms in total. The summed E-state index contributed by atoms with van der Waals surface area (Å²) in [4.78, 5) is 17.6. The third-order valence-electron chi connectivity index (χ3n) is 4.11. The Balaban J connectivity index is 1.33. The zero-order valence-electron chi connectivity index (χ0n) is 13.3. The Morgan fingerprint density at radius 1 is 1.15 bits per heavy atom. The van der Waals surface area contributed by atoms with E-state index in [4.69, 9.17) is 14.2 Å². The van der Waals surface area contributed by atoms with Gasteiger partial charge in [-0.1, -0.05) is 0 Å². The minimum atomic E-state index is -4.43. The lowest BCUT2D eigenvalue weighted by molar-refractivity contribution is -0.137. The van der Waals surface area contributed by atoms with Crippen LogP contribution in [0, 0.1) is 0 Å². The quantitative estimate of drug-likeness (QED) is 0.836. The fourth-order valence-corrected chi connectivity index (χ4v) is 2.68. The van der Waals surface area contributed by atoms with Crippen LogP contribution in [0.25, 0.3) is 0 Å². The summed E-state index contributed by atoms with van der Waals surface area (Å²) in [6.45, 7) is 0.790. The van der Waals surface area contributed by atoms with E-state index in [0.29, 0.717) is 30.2 Å². The SMILES string of the molecule is O=C(c1ccc2c(c1)OCO2)N1CC(Oc2ccc(C(F)(F)F)cn2)C1. The first-order chi connectivity index (χ1) is 12.4. The van der Waals surface area contributed by atoms with E-state index in [1.807, 2.05) is 0 Å². The van der Waals surface area contributed by atoms with E-state index < -0.39 is 11.7 Å². The molecule has 0 saturated carbocycles. The van der Waals surface area contributed by atoms with E-state index in [9.17, 15) is 18.0 Å². The fraction of sp³-hybridized carbons (Fsp3) is 0.294. The standard InChI is InChI=1S/C17H13F3N2O4/c18-17(19,20)11-2-4-15(21-6-11)26-12-7-22(8-12)16(23)10-1-3-13-14(5-10)25-9-24-13/h1-6,12H,7-9H2. The number of fused-ring (bicyclic) bond motifs is 1. The minimum Gasteiger partial charge on any atom is -0.471 e. The molecule has 1 fully saturated rings. The van der Waals surface area contributed by atoms with Gasteiger partial charge in [0.2, 0.25) is 12.7 Å². The minimum absolute atomic E-state index is 0.0955. The van der Waals surface area contributed by atoms with Gasteiger partial charge in [-0.2, -0.15) is 13.2 Å². The lowest BCUT2D eigenvalue weighted by Gasteiger charge is -2.38. The number of halogens is 3. The van der Waals surface area contributed by atoms with Crippen LogP contribution in [0.3, 0.4) is 0 Å². The summed E-state index contributed by atoms with van der Waals surface area (Å²) in [5.41, 5.74) is -0.363. The van der Waals surface area contributed by atoms with Crippen molar-refractivity contribution in [3.63, 3.8) is 0 Å². The molecule has 2 aromatic rings. The number of hydrogen-bond acceptors (Lipinski definition) is 5. The van der Waals surface area contributed by atoms with Crippen LogP contribution in [0.2, 0.25) is 0 Å². The number of alkyl halides is 3. The van der Waals surface area contributed by atoms with Crippen molar-refractivity contribution in [1.29, 1.82) is 0 Å². The Labute approximate surface area is 146 Å². The Morgan fingerprint density at radius 2 is 1.92 bits per heavy atom. The van der Waals surface area contributed by atoms with Gasteiger partial charge in [-0.05, 0) is 24.3 Å². The summed E-state index contributed by atoms with van der Waals surface area (Å²) in [5, 5.41) is 0. The maximum Gasteiger partial charge on any atom is 0.417 e. The summed E-state index contributed by atoms with van der Waals surface area (Å²) >= 11 is 0. The molecule has 0 aliphatic carbocycles. The summed E-state index contributed by atoms with van der Waals surface area (Å²) in [6, 6.07) is 7.04. The van der Waals surface area contributed by atoms with Crippen LogP contribution in [0.4, 0.5) is 13.2 Å². The van der Waals surface area contributed by atoms with Crippen molar-refractivity contribution < 1.29 is 32.2 Å². The van der Waals surface area contributed by atoms with Gasteiger partial charge < -0.3 is 19.1 Å². The van der Waals surface area contributed by atoms with Crippen LogP contribution < -0.4 is 14.2 Å². The summed E-state index contributed by atoms with van der Waals surface area (Å²) in [7, 11) is 0. The van der Waals surface area contributed by atoms with Gasteiger partial charge in [0.15, 0.2) is 11.5 Å². The van der Waals surface area contributed by atoms with Gasteiger partial charge in [0.1, 0.15) is 6.10 Å². The van der Waals surface area contributed by atoms with E-state index in [1.165, 1.54) is 6.07 Å². The third-order valence-corrected chi connectivity index (χ3v) is 4.11. The molecule has 2 aliphatic heterocycles. The van der Waals surface area contributed by atoms with Gasteiger partial charge in [0.05, 0.1) is 18.7 Å². The molecule has 1 aromatic heterocycles. The molecule has 0 radical (unpaired) electrons. The highest BCUT2D eigenvalue weighted by molar-refractivity contribution is 5.95. The summed E-state index contributed by atoms with van der Waals surface area (Å²) in [6.07, 6.45) is -4.02. The Bertz CT molecular complexity index is 833. The fourth-order valence-electron chi connectivity index (χ4n) is 2.68. The second-order valence-electron chi connectivity index (χ2n) is 5.90. The number of nitrogens with zero attached hydrogens (tertiary/aromatic N) is 2. The van der Waals surface area contributed by atoms with E-state index >= 15 is 0 Å². The van der Waals surface area contributed by atoms with E-state index in [0.717, 1.165) is 12.3 Å². The predicted molar refractivity (Wildman–Crippen MR) is 82.1 cm³/mol. The zero-order chi connectivity index (χ0) is 18.3. The predicted octanol–water partition coefficient (Wildman–Crippen LogP) is 2.73. The molecule has 0 bridgehead atoms. The van der Waals surface area contributed by atoms with Crippen LogP contribution >= 0.6 is 0 Å². The lowest BCUT2D eigenvalue weighted by Crippen LogP contribution is -2.56. The molecule has 4 rings (SSSR count). The zero-order valence-corrected chi connectivity index (χ0v) is 13.3. The Hall–Kier alpha value is -2.97. The lowest BCUT2D eigenvalue weighted by atomic mass is 10.1. The van der Waals surface area contributed by atoms with Gasteiger partial charge >= 0.3 is 6.18 Å². The number of likely N-dealkylation sites (tertiary alicyclic amines) is 1. The second kappa shape index (κ2) is 6.08. The molecule has 0 spiro atoms. The average molecular weight is 366 g/mol. The molecule has 1 amide bonds. The number of benzene rings is 1. The molecule has 136 valence electrons. The molecule has 0 unspecified atom stereocenters. The number of pyridine rings is 1. The normalized spacial score (nSPS) is 16.3.